The van der Waals surface area contributed by atoms with Crippen LogP contribution in [0.3, 0.4) is 0 Å². The first-order valence-electron chi connectivity index (χ1n) is 10.9. The lowest BCUT2D eigenvalue weighted by Crippen LogP contribution is -2.24. The molecule has 162 valence electrons. The van der Waals surface area contributed by atoms with Gasteiger partial charge in [0.05, 0.1) is 6.61 Å². The Balaban J connectivity index is 1.37. The first-order valence-corrected chi connectivity index (χ1v) is 10.9. The fraction of sp³-hybridized carbons (Fsp3) is 0.360. The molecule has 0 radical (unpaired) electrons. The molecule has 0 saturated carbocycles. The number of ether oxygens (including phenoxy) is 2. The van der Waals surface area contributed by atoms with Gasteiger partial charge in [-0.25, -0.2) is 0 Å². The quantitative estimate of drug-likeness (QED) is 0.498. The highest BCUT2D eigenvalue weighted by Gasteiger charge is 2.13. The van der Waals surface area contributed by atoms with Crippen molar-refractivity contribution in [3.05, 3.63) is 83.9 Å². The van der Waals surface area contributed by atoms with Crippen molar-refractivity contribution in [3.8, 4) is 11.5 Å². The zero-order chi connectivity index (χ0) is 21.1. The van der Waals surface area contributed by atoms with Crippen LogP contribution in [0.15, 0.2) is 67.3 Å². The van der Waals surface area contributed by atoms with Crippen LogP contribution < -0.4 is 20.1 Å². The lowest BCUT2D eigenvalue weighted by molar-refractivity contribution is 0.295. The standard InChI is InChI=1S/C25H30N4O2/c1-2-22(17-27-7-1)19-31-25-13-23(18-29-16-21-5-10-28-15-21)12-24(14-25)30-11-6-20-3-8-26-9-4-20/h1-4,7-9,12-14,17,21,28-29H,5-6,10-11,15-16,18-19H2. The molecule has 6 nitrogen and oxygen atoms in total. The van der Waals surface area contributed by atoms with E-state index in [1.165, 1.54) is 12.0 Å². The van der Waals surface area contributed by atoms with Gasteiger partial charge >= 0.3 is 0 Å². The summed E-state index contributed by atoms with van der Waals surface area (Å²) in [4.78, 5) is 8.22. The molecule has 1 aromatic carbocycles. The zero-order valence-electron chi connectivity index (χ0n) is 17.8. The fourth-order valence-corrected chi connectivity index (χ4v) is 3.70. The van der Waals surface area contributed by atoms with E-state index in [1.54, 1.807) is 6.20 Å². The maximum absolute atomic E-state index is 6.07. The Morgan fingerprint density at radius 3 is 2.58 bits per heavy atom. The van der Waals surface area contributed by atoms with E-state index in [0.29, 0.717) is 19.1 Å². The smallest absolute Gasteiger partial charge is 0.123 e. The van der Waals surface area contributed by atoms with Crippen molar-refractivity contribution in [2.24, 2.45) is 5.92 Å². The van der Waals surface area contributed by atoms with Crippen LogP contribution in [0.1, 0.15) is 23.1 Å². The molecule has 2 N–H and O–H groups in total. The van der Waals surface area contributed by atoms with Crippen molar-refractivity contribution in [1.29, 1.82) is 0 Å². The largest absolute Gasteiger partial charge is 0.493 e. The molecule has 0 spiro atoms. The molecular weight excluding hydrogens is 388 g/mol. The lowest BCUT2D eigenvalue weighted by atomic mass is 10.1. The maximum atomic E-state index is 6.07. The second kappa shape index (κ2) is 11.4. The fourth-order valence-electron chi connectivity index (χ4n) is 3.70. The first-order chi connectivity index (χ1) is 15.3. The van der Waals surface area contributed by atoms with Gasteiger partial charge in [-0.05, 0) is 73.4 Å². The van der Waals surface area contributed by atoms with E-state index < -0.39 is 0 Å². The van der Waals surface area contributed by atoms with Crippen LogP contribution >= 0.6 is 0 Å². The molecule has 1 aliphatic rings. The number of nitrogens with zero attached hydrogens (tertiary/aromatic N) is 2. The minimum absolute atomic E-state index is 0.481. The highest BCUT2D eigenvalue weighted by Crippen LogP contribution is 2.24. The predicted molar refractivity (Wildman–Crippen MR) is 121 cm³/mol. The van der Waals surface area contributed by atoms with Gasteiger partial charge in [-0.15, -0.1) is 0 Å². The summed E-state index contributed by atoms with van der Waals surface area (Å²) in [7, 11) is 0. The molecule has 6 heteroatoms. The Labute approximate surface area is 184 Å². The highest BCUT2D eigenvalue weighted by atomic mass is 16.5. The van der Waals surface area contributed by atoms with E-state index in [-0.39, 0.29) is 0 Å². The van der Waals surface area contributed by atoms with Crippen molar-refractivity contribution < 1.29 is 9.47 Å². The molecule has 31 heavy (non-hydrogen) atoms. The van der Waals surface area contributed by atoms with Gasteiger partial charge in [0, 0.05) is 49.4 Å². The average Bonchev–Trinajstić information content (AvgIpc) is 3.33. The van der Waals surface area contributed by atoms with Crippen molar-refractivity contribution in [1.82, 2.24) is 20.6 Å². The minimum Gasteiger partial charge on any atom is -0.493 e. The molecule has 3 aromatic rings. The average molecular weight is 419 g/mol. The van der Waals surface area contributed by atoms with Crippen LogP contribution in [0, 0.1) is 5.92 Å². The molecule has 2 aromatic heterocycles. The molecule has 1 unspecified atom stereocenters. The van der Waals surface area contributed by atoms with Crippen LogP contribution in [0.2, 0.25) is 0 Å². The molecule has 1 atom stereocenters. The Morgan fingerprint density at radius 1 is 0.935 bits per heavy atom. The van der Waals surface area contributed by atoms with Gasteiger partial charge in [0.1, 0.15) is 18.1 Å². The van der Waals surface area contributed by atoms with Gasteiger partial charge in [0.2, 0.25) is 0 Å². The summed E-state index contributed by atoms with van der Waals surface area (Å²) in [5.74, 6) is 2.35. The van der Waals surface area contributed by atoms with Gasteiger partial charge in [0.15, 0.2) is 0 Å². The molecule has 3 heterocycles. The molecule has 0 amide bonds. The predicted octanol–water partition coefficient (Wildman–Crippen LogP) is 3.38. The summed E-state index contributed by atoms with van der Waals surface area (Å²) < 4.78 is 12.1. The number of nitrogens with one attached hydrogen (secondary N) is 2. The third-order valence-electron chi connectivity index (χ3n) is 5.40. The van der Waals surface area contributed by atoms with Gasteiger partial charge in [0.25, 0.3) is 0 Å². The topological polar surface area (TPSA) is 68.3 Å². The van der Waals surface area contributed by atoms with Gasteiger partial charge in [-0.3, -0.25) is 9.97 Å². The minimum atomic E-state index is 0.481. The van der Waals surface area contributed by atoms with E-state index in [9.17, 15) is 0 Å². The zero-order valence-corrected chi connectivity index (χ0v) is 17.8. The summed E-state index contributed by atoms with van der Waals surface area (Å²) >= 11 is 0. The van der Waals surface area contributed by atoms with Crippen molar-refractivity contribution >= 4 is 0 Å². The van der Waals surface area contributed by atoms with Crippen LogP contribution in [0.4, 0.5) is 0 Å². The Kier molecular flexibility index (Phi) is 7.85. The van der Waals surface area contributed by atoms with Crippen molar-refractivity contribution in [2.45, 2.75) is 26.0 Å². The van der Waals surface area contributed by atoms with Crippen LogP contribution in [-0.4, -0.2) is 36.2 Å². The summed E-state index contributed by atoms with van der Waals surface area (Å²) in [5.41, 5.74) is 3.42. The van der Waals surface area contributed by atoms with Gasteiger partial charge in [-0.2, -0.15) is 0 Å². The number of benzene rings is 1. The van der Waals surface area contributed by atoms with E-state index in [2.05, 4.69) is 32.7 Å². The number of hydrogen-bond donors (Lipinski definition) is 2. The monoisotopic (exact) mass is 418 g/mol. The normalized spacial score (nSPS) is 15.7. The second-order valence-corrected chi connectivity index (χ2v) is 7.91. The number of hydrogen-bond acceptors (Lipinski definition) is 6. The summed E-state index contributed by atoms with van der Waals surface area (Å²) in [6.45, 7) is 5.13. The van der Waals surface area contributed by atoms with E-state index in [4.69, 9.17) is 9.47 Å². The second-order valence-electron chi connectivity index (χ2n) is 7.91. The molecule has 1 aliphatic heterocycles. The first kappa shape index (κ1) is 21.3. The summed E-state index contributed by atoms with van der Waals surface area (Å²) in [6.07, 6.45) is 9.30. The van der Waals surface area contributed by atoms with Crippen LogP contribution in [0.5, 0.6) is 11.5 Å². The Morgan fingerprint density at radius 2 is 1.81 bits per heavy atom. The maximum Gasteiger partial charge on any atom is 0.123 e. The third-order valence-corrected chi connectivity index (χ3v) is 5.40. The third kappa shape index (κ3) is 7.05. The lowest BCUT2D eigenvalue weighted by Gasteiger charge is -2.14. The number of rotatable bonds is 11. The Hall–Kier alpha value is -2.96. The van der Waals surface area contributed by atoms with E-state index in [0.717, 1.165) is 55.2 Å². The highest BCUT2D eigenvalue weighted by molar-refractivity contribution is 5.38. The molecular formula is C25H30N4O2. The van der Waals surface area contributed by atoms with Crippen LogP contribution in [-0.2, 0) is 19.6 Å². The molecule has 1 fully saturated rings. The molecule has 1 saturated heterocycles. The summed E-state index contributed by atoms with van der Waals surface area (Å²) in [6, 6.07) is 14.1. The van der Waals surface area contributed by atoms with Crippen molar-refractivity contribution in [2.75, 3.05) is 26.2 Å². The molecule has 4 rings (SSSR count). The van der Waals surface area contributed by atoms with E-state index in [1.807, 2.05) is 48.9 Å². The van der Waals surface area contributed by atoms with Gasteiger partial charge < -0.3 is 20.1 Å². The molecule has 0 aliphatic carbocycles. The Bertz CT molecular complexity index is 915. The molecule has 0 bridgehead atoms. The van der Waals surface area contributed by atoms with E-state index >= 15 is 0 Å². The number of pyridine rings is 2. The van der Waals surface area contributed by atoms with Crippen LogP contribution in [0.25, 0.3) is 0 Å². The SMILES string of the molecule is c1cncc(COc2cc(CNCC3CCNC3)cc(OCCc3ccncc3)c2)c1. The summed E-state index contributed by atoms with van der Waals surface area (Å²) in [5, 5.41) is 7.00. The van der Waals surface area contributed by atoms with Gasteiger partial charge in [-0.1, -0.05) is 6.07 Å². The van der Waals surface area contributed by atoms with Crippen molar-refractivity contribution in [3.63, 3.8) is 0 Å². The number of aromatic nitrogens is 2.